The molecule has 0 saturated carbocycles. The number of fused-ring (bicyclic) bond motifs is 1. The van der Waals surface area contributed by atoms with Gasteiger partial charge < -0.3 is 10.6 Å². The summed E-state index contributed by atoms with van der Waals surface area (Å²) in [6.07, 6.45) is 0.754. The molecule has 0 spiro atoms. The number of anilines is 2. The van der Waals surface area contributed by atoms with Crippen molar-refractivity contribution < 1.29 is 4.79 Å². The van der Waals surface area contributed by atoms with E-state index in [0.29, 0.717) is 16.6 Å². The summed E-state index contributed by atoms with van der Waals surface area (Å²) in [4.78, 5) is 19.2. The Morgan fingerprint density at radius 3 is 3.00 bits per heavy atom. The molecule has 19 heavy (non-hydrogen) atoms. The zero-order valence-electron chi connectivity index (χ0n) is 10.3. The largest absolute Gasteiger partial charge is 0.375 e. The number of carbonyl (C=O) groups excluding carboxylic acids is 1. The molecule has 2 N–H and O–H groups in total. The van der Waals surface area contributed by atoms with Crippen molar-refractivity contribution in [3.05, 3.63) is 38.8 Å². The molecule has 0 radical (unpaired) electrons. The predicted octanol–water partition coefficient (Wildman–Crippen LogP) is 3.00. The van der Waals surface area contributed by atoms with Crippen LogP contribution in [0.5, 0.6) is 0 Å². The van der Waals surface area contributed by atoms with Crippen molar-refractivity contribution in [1.29, 1.82) is 0 Å². The molecule has 1 aliphatic heterocycles. The van der Waals surface area contributed by atoms with Crippen LogP contribution in [0.4, 0.5) is 10.8 Å². The predicted molar refractivity (Wildman–Crippen MR) is 80.8 cm³/mol. The monoisotopic (exact) mass is 337 g/mol. The average molecular weight is 338 g/mol. The van der Waals surface area contributed by atoms with Crippen molar-refractivity contribution in [3.8, 4) is 0 Å². The van der Waals surface area contributed by atoms with Crippen molar-refractivity contribution in [3.63, 3.8) is 0 Å². The normalized spacial score (nSPS) is 14.6. The smallest absolute Gasteiger partial charge is 0.270 e. The van der Waals surface area contributed by atoms with Crippen LogP contribution >= 0.6 is 27.3 Å². The van der Waals surface area contributed by atoms with Crippen LogP contribution in [-0.2, 0) is 6.42 Å². The lowest BCUT2D eigenvalue weighted by atomic mass is 10.1. The van der Waals surface area contributed by atoms with Gasteiger partial charge in [-0.05, 0) is 30.7 Å². The molecule has 1 aromatic heterocycles. The first-order chi connectivity index (χ1) is 9.06. The van der Waals surface area contributed by atoms with Crippen molar-refractivity contribution in [2.45, 2.75) is 13.3 Å². The molecule has 1 amide bonds. The standard InChI is InChI=1S/C13H12BrN3OS/c1-7-6-8(14)2-3-10(7)17-5-4-9-11(12(17)18)19-13(15)16-9/h2-3,6H,4-5H2,1H3,(H2,15,16). The van der Waals surface area contributed by atoms with Crippen LogP contribution in [0, 0.1) is 6.92 Å². The van der Waals surface area contributed by atoms with E-state index < -0.39 is 0 Å². The second-order valence-electron chi connectivity index (χ2n) is 4.47. The fourth-order valence-electron chi connectivity index (χ4n) is 2.30. The summed E-state index contributed by atoms with van der Waals surface area (Å²) in [6.45, 7) is 2.65. The molecule has 3 rings (SSSR count). The Morgan fingerprint density at radius 1 is 1.47 bits per heavy atom. The van der Waals surface area contributed by atoms with Gasteiger partial charge in [0.25, 0.3) is 5.91 Å². The maximum Gasteiger partial charge on any atom is 0.270 e. The lowest BCUT2D eigenvalue weighted by Crippen LogP contribution is -2.37. The van der Waals surface area contributed by atoms with Crippen molar-refractivity contribution in [1.82, 2.24) is 4.98 Å². The summed E-state index contributed by atoms with van der Waals surface area (Å²) in [5.74, 6) is 0.000808. The highest BCUT2D eigenvalue weighted by atomic mass is 79.9. The maximum atomic E-state index is 12.5. The third-order valence-electron chi connectivity index (χ3n) is 3.18. The third kappa shape index (κ3) is 2.15. The fraction of sp³-hybridized carbons (Fsp3) is 0.231. The molecule has 6 heteroatoms. The molecule has 0 unspecified atom stereocenters. The Hall–Kier alpha value is -1.40. The summed E-state index contributed by atoms with van der Waals surface area (Å²) in [5.41, 5.74) is 8.54. The third-order valence-corrected chi connectivity index (χ3v) is 4.58. The Labute approximate surface area is 123 Å². The van der Waals surface area contributed by atoms with Gasteiger partial charge in [0.05, 0.1) is 5.69 Å². The van der Waals surface area contributed by atoms with Crippen LogP contribution in [0.25, 0.3) is 0 Å². The summed E-state index contributed by atoms with van der Waals surface area (Å²) in [6, 6.07) is 5.93. The van der Waals surface area contributed by atoms with Gasteiger partial charge in [0, 0.05) is 23.1 Å². The number of thiazole rings is 1. The number of nitrogens with zero attached hydrogens (tertiary/aromatic N) is 2. The van der Waals surface area contributed by atoms with Gasteiger partial charge in [0.15, 0.2) is 5.13 Å². The highest BCUT2D eigenvalue weighted by Gasteiger charge is 2.29. The molecular formula is C13H12BrN3OS. The molecule has 4 nitrogen and oxygen atoms in total. The molecule has 0 saturated heterocycles. The van der Waals surface area contributed by atoms with Crippen LogP contribution in [0.2, 0.25) is 0 Å². The number of nitrogen functional groups attached to an aromatic ring is 1. The fourth-order valence-corrected chi connectivity index (χ4v) is 3.60. The maximum absolute atomic E-state index is 12.5. The first-order valence-electron chi connectivity index (χ1n) is 5.89. The van der Waals surface area contributed by atoms with Gasteiger partial charge in [0.2, 0.25) is 0 Å². The minimum Gasteiger partial charge on any atom is -0.375 e. The topological polar surface area (TPSA) is 59.2 Å². The van der Waals surface area contributed by atoms with Crippen LogP contribution in [-0.4, -0.2) is 17.4 Å². The number of carbonyl (C=O) groups is 1. The van der Waals surface area contributed by atoms with Crippen molar-refractivity contribution in [2.75, 3.05) is 17.2 Å². The summed E-state index contributed by atoms with van der Waals surface area (Å²) in [7, 11) is 0. The number of halogens is 1. The minimum absolute atomic E-state index is 0.000808. The second kappa shape index (κ2) is 4.61. The van der Waals surface area contributed by atoms with Gasteiger partial charge in [-0.1, -0.05) is 27.3 Å². The minimum atomic E-state index is 0.000808. The average Bonchev–Trinajstić information content (AvgIpc) is 2.73. The highest BCUT2D eigenvalue weighted by molar-refractivity contribution is 9.10. The van der Waals surface area contributed by atoms with E-state index in [1.165, 1.54) is 11.3 Å². The molecule has 0 atom stereocenters. The summed E-state index contributed by atoms with van der Waals surface area (Å²) >= 11 is 4.71. The number of aromatic nitrogens is 1. The number of rotatable bonds is 1. The number of amides is 1. The second-order valence-corrected chi connectivity index (χ2v) is 6.41. The zero-order valence-corrected chi connectivity index (χ0v) is 12.7. The molecule has 0 bridgehead atoms. The number of benzene rings is 1. The first kappa shape index (κ1) is 12.6. The van der Waals surface area contributed by atoms with Gasteiger partial charge >= 0.3 is 0 Å². The van der Waals surface area contributed by atoms with E-state index in [0.717, 1.165) is 27.8 Å². The molecule has 0 fully saturated rings. The lowest BCUT2D eigenvalue weighted by Gasteiger charge is -2.27. The van der Waals surface area contributed by atoms with Crippen LogP contribution in [0.3, 0.4) is 0 Å². The van der Waals surface area contributed by atoms with Gasteiger partial charge in [-0.25, -0.2) is 4.98 Å². The van der Waals surface area contributed by atoms with Crippen LogP contribution in [0.15, 0.2) is 22.7 Å². The molecule has 2 heterocycles. The van der Waals surface area contributed by atoms with Gasteiger partial charge in [-0.15, -0.1) is 0 Å². The molecule has 1 aromatic carbocycles. The number of nitrogens with two attached hydrogens (primary N) is 1. The molecule has 0 aliphatic carbocycles. The van der Waals surface area contributed by atoms with E-state index in [2.05, 4.69) is 20.9 Å². The van der Waals surface area contributed by atoms with Gasteiger partial charge in [0.1, 0.15) is 4.88 Å². The molecule has 2 aromatic rings. The number of hydrogen-bond acceptors (Lipinski definition) is 4. The SMILES string of the molecule is Cc1cc(Br)ccc1N1CCc2nc(N)sc2C1=O. The Kier molecular flexibility index (Phi) is 3.06. The van der Waals surface area contributed by atoms with E-state index in [1.807, 2.05) is 30.0 Å². The lowest BCUT2D eigenvalue weighted by molar-refractivity contribution is 0.0984. The molecule has 1 aliphatic rings. The number of hydrogen-bond donors (Lipinski definition) is 1. The Balaban J connectivity index is 2.02. The van der Waals surface area contributed by atoms with E-state index in [-0.39, 0.29) is 5.91 Å². The Bertz CT molecular complexity index is 668. The first-order valence-corrected chi connectivity index (χ1v) is 7.50. The number of aryl methyl sites for hydroxylation is 1. The van der Waals surface area contributed by atoms with Gasteiger partial charge in [-0.2, -0.15) is 0 Å². The van der Waals surface area contributed by atoms with E-state index in [4.69, 9.17) is 5.73 Å². The Morgan fingerprint density at radius 2 is 2.26 bits per heavy atom. The van der Waals surface area contributed by atoms with Crippen molar-refractivity contribution >= 4 is 44.0 Å². The quantitative estimate of drug-likeness (QED) is 0.870. The van der Waals surface area contributed by atoms with Crippen LogP contribution < -0.4 is 10.6 Å². The summed E-state index contributed by atoms with van der Waals surface area (Å²) in [5, 5.41) is 0.465. The van der Waals surface area contributed by atoms with Gasteiger partial charge in [-0.3, -0.25) is 4.79 Å². The molecule has 98 valence electrons. The summed E-state index contributed by atoms with van der Waals surface area (Å²) < 4.78 is 1.01. The van der Waals surface area contributed by atoms with E-state index >= 15 is 0 Å². The molecular weight excluding hydrogens is 326 g/mol. The van der Waals surface area contributed by atoms with E-state index in [1.54, 1.807) is 0 Å². The van der Waals surface area contributed by atoms with Crippen molar-refractivity contribution in [2.24, 2.45) is 0 Å². The highest BCUT2D eigenvalue weighted by Crippen LogP contribution is 2.31. The van der Waals surface area contributed by atoms with Crippen LogP contribution in [0.1, 0.15) is 20.9 Å². The zero-order chi connectivity index (χ0) is 13.6. The van der Waals surface area contributed by atoms with E-state index in [9.17, 15) is 4.79 Å².